The Morgan fingerprint density at radius 1 is 1.37 bits per heavy atom. The minimum absolute atomic E-state index is 0.250. The topological polar surface area (TPSA) is 18.5 Å². The molecule has 1 rings (SSSR count). The summed E-state index contributed by atoms with van der Waals surface area (Å²) in [5, 5.41) is 0. The Bertz CT molecular complexity index is 379. The number of benzene rings is 1. The summed E-state index contributed by atoms with van der Waals surface area (Å²) < 4.78 is 11.5. The molecule has 0 aromatic heterocycles. The van der Waals surface area contributed by atoms with E-state index in [9.17, 15) is 0 Å². The van der Waals surface area contributed by atoms with Crippen LogP contribution >= 0.6 is 0 Å². The Labute approximate surface area is 119 Å². The Balaban J connectivity index is 2.49. The van der Waals surface area contributed by atoms with E-state index < -0.39 is 9.04 Å². The molecule has 0 saturated heterocycles. The summed E-state index contributed by atoms with van der Waals surface area (Å²) in [6, 6.07) is 9.49. The third kappa shape index (κ3) is 5.31. The van der Waals surface area contributed by atoms with Gasteiger partial charge in [-0.05, 0) is 30.5 Å². The van der Waals surface area contributed by atoms with E-state index >= 15 is 0 Å². The van der Waals surface area contributed by atoms with Crippen LogP contribution in [0.25, 0.3) is 6.08 Å². The number of ether oxygens (including phenoxy) is 1. The molecule has 0 saturated carbocycles. The van der Waals surface area contributed by atoms with Gasteiger partial charge in [0.05, 0.1) is 5.73 Å². The van der Waals surface area contributed by atoms with Crippen LogP contribution < -0.4 is 0 Å². The molecule has 1 aromatic rings. The van der Waals surface area contributed by atoms with Crippen LogP contribution in [0.2, 0.25) is 6.04 Å². The first-order valence-electron chi connectivity index (χ1n) is 6.94. The van der Waals surface area contributed by atoms with E-state index in [1.807, 2.05) is 12.1 Å². The van der Waals surface area contributed by atoms with Crippen molar-refractivity contribution in [3.63, 3.8) is 0 Å². The average molecular weight is 277 g/mol. The third-order valence-corrected chi connectivity index (χ3v) is 5.95. The van der Waals surface area contributed by atoms with E-state index in [1.165, 1.54) is 11.1 Å². The summed E-state index contributed by atoms with van der Waals surface area (Å²) in [4.78, 5) is 0. The lowest BCUT2D eigenvalue weighted by molar-refractivity contribution is 0.150. The SMILES string of the molecule is C=Cc1ccccc1CCO[Si](CCC)C(C)OC. The maximum atomic E-state index is 6.08. The zero-order chi connectivity index (χ0) is 14.1. The fourth-order valence-corrected chi connectivity index (χ4v) is 3.93. The summed E-state index contributed by atoms with van der Waals surface area (Å²) in [5.74, 6) is 0. The second-order valence-corrected chi connectivity index (χ2v) is 7.13. The van der Waals surface area contributed by atoms with Gasteiger partial charge < -0.3 is 9.16 Å². The van der Waals surface area contributed by atoms with Crippen LogP contribution in [-0.2, 0) is 15.6 Å². The Morgan fingerprint density at radius 3 is 2.74 bits per heavy atom. The lowest BCUT2D eigenvalue weighted by Gasteiger charge is -2.20. The van der Waals surface area contributed by atoms with Crippen molar-refractivity contribution in [1.82, 2.24) is 0 Å². The molecule has 0 fully saturated rings. The molecule has 1 radical (unpaired) electrons. The van der Waals surface area contributed by atoms with Crippen LogP contribution in [0.15, 0.2) is 30.8 Å². The molecule has 0 amide bonds. The lowest BCUT2D eigenvalue weighted by Crippen LogP contribution is -2.33. The average Bonchev–Trinajstić information content (AvgIpc) is 2.46. The first-order chi connectivity index (χ1) is 9.22. The molecule has 19 heavy (non-hydrogen) atoms. The zero-order valence-electron chi connectivity index (χ0n) is 12.3. The second-order valence-electron chi connectivity index (χ2n) is 4.60. The number of rotatable bonds is 9. The number of hydrogen-bond donors (Lipinski definition) is 0. The van der Waals surface area contributed by atoms with Crippen molar-refractivity contribution in [2.45, 2.75) is 38.5 Å². The molecule has 0 spiro atoms. The van der Waals surface area contributed by atoms with E-state index in [0.717, 1.165) is 25.5 Å². The summed E-state index contributed by atoms with van der Waals surface area (Å²) in [6.45, 7) is 8.93. The summed E-state index contributed by atoms with van der Waals surface area (Å²) in [7, 11) is 0.904. The van der Waals surface area contributed by atoms with Crippen molar-refractivity contribution in [3.05, 3.63) is 42.0 Å². The monoisotopic (exact) mass is 277 g/mol. The number of methoxy groups -OCH3 is 1. The van der Waals surface area contributed by atoms with Crippen LogP contribution in [0.3, 0.4) is 0 Å². The van der Waals surface area contributed by atoms with Gasteiger partial charge in [-0.3, -0.25) is 0 Å². The van der Waals surface area contributed by atoms with Crippen molar-refractivity contribution in [2.75, 3.05) is 13.7 Å². The molecular formula is C16H25O2Si. The van der Waals surface area contributed by atoms with Crippen molar-refractivity contribution < 1.29 is 9.16 Å². The zero-order valence-corrected chi connectivity index (χ0v) is 13.3. The normalized spacial score (nSPS) is 12.6. The second kappa shape index (κ2) is 9.07. The third-order valence-electron chi connectivity index (χ3n) is 3.24. The molecule has 0 aliphatic heterocycles. The van der Waals surface area contributed by atoms with Gasteiger partial charge in [-0.2, -0.15) is 0 Å². The maximum Gasteiger partial charge on any atom is 0.241 e. The van der Waals surface area contributed by atoms with Gasteiger partial charge in [0.1, 0.15) is 0 Å². The van der Waals surface area contributed by atoms with Gasteiger partial charge in [-0.15, -0.1) is 0 Å². The Hall–Kier alpha value is -0.903. The first kappa shape index (κ1) is 16.2. The minimum atomic E-state index is -0.861. The molecule has 1 aromatic carbocycles. The van der Waals surface area contributed by atoms with Crippen LogP contribution in [-0.4, -0.2) is 28.5 Å². The molecule has 0 bridgehead atoms. The molecule has 1 atom stereocenters. The van der Waals surface area contributed by atoms with Crippen LogP contribution in [0.1, 0.15) is 31.4 Å². The van der Waals surface area contributed by atoms with Gasteiger partial charge in [0.25, 0.3) is 0 Å². The highest BCUT2D eigenvalue weighted by Crippen LogP contribution is 2.12. The maximum absolute atomic E-state index is 6.08. The fraction of sp³-hybridized carbons (Fsp3) is 0.500. The molecule has 0 heterocycles. The molecule has 1 unspecified atom stereocenters. The molecule has 0 aliphatic carbocycles. The predicted octanol–water partition coefficient (Wildman–Crippen LogP) is 3.86. The predicted molar refractivity (Wildman–Crippen MR) is 83.5 cm³/mol. The number of hydrogen-bond acceptors (Lipinski definition) is 2. The minimum Gasteiger partial charge on any atom is -0.414 e. The van der Waals surface area contributed by atoms with E-state index in [-0.39, 0.29) is 5.73 Å². The van der Waals surface area contributed by atoms with Gasteiger partial charge in [-0.25, -0.2) is 0 Å². The van der Waals surface area contributed by atoms with Gasteiger partial charge >= 0.3 is 0 Å². The Morgan fingerprint density at radius 2 is 2.11 bits per heavy atom. The largest absolute Gasteiger partial charge is 0.414 e. The molecule has 0 aliphatic rings. The molecule has 3 heteroatoms. The highest BCUT2D eigenvalue weighted by molar-refractivity contribution is 6.53. The standard InChI is InChI=1S/C16H25O2Si/c1-5-13-19(14(3)17-4)18-12-11-16-10-8-7-9-15(16)6-2/h6-10,14H,2,5,11-13H2,1,3-4H3. The molecule has 105 valence electrons. The summed E-state index contributed by atoms with van der Waals surface area (Å²) >= 11 is 0. The highest BCUT2D eigenvalue weighted by atomic mass is 28.3. The summed E-state index contributed by atoms with van der Waals surface area (Å²) in [6.07, 6.45) is 4.01. The van der Waals surface area contributed by atoms with Gasteiger partial charge in [0, 0.05) is 13.7 Å². The van der Waals surface area contributed by atoms with Crippen LogP contribution in [0.5, 0.6) is 0 Å². The van der Waals surface area contributed by atoms with E-state index in [2.05, 4.69) is 38.6 Å². The van der Waals surface area contributed by atoms with E-state index in [4.69, 9.17) is 9.16 Å². The van der Waals surface area contributed by atoms with Crippen LogP contribution in [0, 0.1) is 0 Å². The van der Waals surface area contributed by atoms with Crippen LogP contribution in [0.4, 0.5) is 0 Å². The van der Waals surface area contributed by atoms with Crippen molar-refractivity contribution >= 4 is 15.1 Å². The van der Waals surface area contributed by atoms with E-state index in [0.29, 0.717) is 0 Å². The fourth-order valence-electron chi connectivity index (χ4n) is 2.02. The van der Waals surface area contributed by atoms with E-state index in [1.54, 1.807) is 7.11 Å². The molecule has 2 nitrogen and oxygen atoms in total. The highest BCUT2D eigenvalue weighted by Gasteiger charge is 2.20. The lowest BCUT2D eigenvalue weighted by atomic mass is 10.1. The molecule has 0 N–H and O–H groups in total. The van der Waals surface area contributed by atoms with Gasteiger partial charge in [0.15, 0.2) is 0 Å². The first-order valence-corrected chi connectivity index (χ1v) is 8.63. The molecular weight excluding hydrogens is 252 g/mol. The van der Waals surface area contributed by atoms with Crippen molar-refractivity contribution in [1.29, 1.82) is 0 Å². The smallest absolute Gasteiger partial charge is 0.241 e. The summed E-state index contributed by atoms with van der Waals surface area (Å²) in [5.41, 5.74) is 2.76. The van der Waals surface area contributed by atoms with Crippen molar-refractivity contribution in [2.24, 2.45) is 0 Å². The quantitative estimate of drug-likeness (QED) is 0.638. The Kier molecular flexibility index (Phi) is 7.71. The van der Waals surface area contributed by atoms with Gasteiger partial charge in [0.2, 0.25) is 9.04 Å². The van der Waals surface area contributed by atoms with Crippen molar-refractivity contribution in [3.8, 4) is 0 Å². The van der Waals surface area contributed by atoms with Gasteiger partial charge in [-0.1, -0.05) is 50.3 Å².